The molecule has 0 spiro atoms. The van der Waals surface area contributed by atoms with Crippen molar-refractivity contribution in [2.24, 2.45) is 11.3 Å². The molecule has 1 saturated carbocycles. The van der Waals surface area contributed by atoms with Crippen LogP contribution in [0.25, 0.3) is 0 Å². The van der Waals surface area contributed by atoms with Gasteiger partial charge in [0.25, 0.3) is 0 Å². The molecule has 19 heavy (non-hydrogen) atoms. The molecule has 1 amide bonds. The predicted octanol–water partition coefficient (Wildman–Crippen LogP) is 4.28. The van der Waals surface area contributed by atoms with Gasteiger partial charge in [0, 0.05) is 11.6 Å². The van der Waals surface area contributed by atoms with Crippen LogP contribution in [-0.2, 0) is 4.79 Å². The maximum atomic E-state index is 12.6. The van der Waals surface area contributed by atoms with Gasteiger partial charge in [-0.3, -0.25) is 9.78 Å². The Morgan fingerprint density at radius 2 is 2.16 bits per heavy atom. The number of nitrogens with zero attached hydrogens (tertiary/aromatic N) is 1. The normalized spacial score (nSPS) is 17.7. The zero-order valence-electron chi connectivity index (χ0n) is 11.6. The van der Waals surface area contributed by atoms with Crippen LogP contribution in [0.2, 0.25) is 5.02 Å². The SMILES string of the molecule is CC(C)CC1(C(=O)Nc2cnccc2Cl)CCCC1. The Morgan fingerprint density at radius 3 is 2.74 bits per heavy atom. The third-order valence-corrected chi connectivity index (χ3v) is 4.19. The Morgan fingerprint density at radius 1 is 1.47 bits per heavy atom. The van der Waals surface area contributed by atoms with Gasteiger partial charge in [-0.2, -0.15) is 0 Å². The van der Waals surface area contributed by atoms with E-state index in [4.69, 9.17) is 11.6 Å². The summed E-state index contributed by atoms with van der Waals surface area (Å²) in [5, 5.41) is 3.51. The second kappa shape index (κ2) is 5.91. The number of hydrogen-bond donors (Lipinski definition) is 1. The van der Waals surface area contributed by atoms with Gasteiger partial charge in [0.05, 0.1) is 16.9 Å². The molecule has 3 nitrogen and oxygen atoms in total. The fourth-order valence-electron chi connectivity index (χ4n) is 3.08. The summed E-state index contributed by atoms with van der Waals surface area (Å²) in [6.07, 6.45) is 8.41. The van der Waals surface area contributed by atoms with Crippen molar-refractivity contribution in [3.05, 3.63) is 23.5 Å². The number of halogens is 1. The fourth-order valence-corrected chi connectivity index (χ4v) is 3.23. The lowest BCUT2D eigenvalue weighted by Crippen LogP contribution is -2.35. The molecule has 2 rings (SSSR count). The molecule has 1 aliphatic rings. The summed E-state index contributed by atoms with van der Waals surface area (Å²) in [7, 11) is 0. The van der Waals surface area contributed by atoms with Crippen LogP contribution in [0, 0.1) is 11.3 Å². The van der Waals surface area contributed by atoms with E-state index in [1.165, 1.54) is 0 Å². The molecule has 0 bridgehead atoms. The number of rotatable bonds is 4. The number of hydrogen-bond acceptors (Lipinski definition) is 2. The highest BCUT2D eigenvalue weighted by molar-refractivity contribution is 6.33. The van der Waals surface area contributed by atoms with Crippen LogP contribution < -0.4 is 5.32 Å². The van der Waals surface area contributed by atoms with Crippen molar-refractivity contribution in [3.8, 4) is 0 Å². The van der Waals surface area contributed by atoms with Crippen LogP contribution in [0.4, 0.5) is 5.69 Å². The Labute approximate surface area is 119 Å². The van der Waals surface area contributed by atoms with Crippen LogP contribution in [0.3, 0.4) is 0 Å². The maximum Gasteiger partial charge on any atom is 0.230 e. The van der Waals surface area contributed by atoms with Crippen molar-refractivity contribution >= 4 is 23.2 Å². The molecule has 1 heterocycles. The van der Waals surface area contributed by atoms with E-state index in [1.807, 2.05) is 0 Å². The van der Waals surface area contributed by atoms with Crippen molar-refractivity contribution in [3.63, 3.8) is 0 Å². The molecule has 1 aliphatic carbocycles. The number of pyridine rings is 1. The molecule has 0 aliphatic heterocycles. The maximum absolute atomic E-state index is 12.6. The van der Waals surface area contributed by atoms with Crippen LogP contribution in [0.15, 0.2) is 18.5 Å². The largest absolute Gasteiger partial charge is 0.323 e. The lowest BCUT2D eigenvalue weighted by atomic mass is 9.77. The van der Waals surface area contributed by atoms with Gasteiger partial charge in [0.1, 0.15) is 0 Å². The second-order valence-corrected chi connectivity index (χ2v) is 6.30. The number of aromatic nitrogens is 1. The standard InChI is InChI=1S/C15H21ClN2O/c1-11(2)9-15(6-3-4-7-15)14(19)18-13-10-17-8-5-12(13)16/h5,8,10-11H,3-4,6-7,9H2,1-2H3,(H,18,19). The Kier molecular flexibility index (Phi) is 4.46. The van der Waals surface area contributed by atoms with Crippen molar-refractivity contribution in [1.82, 2.24) is 4.98 Å². The average molecular weight is 281 g/mol. The number of carbonyl (C=O) groups excluding carboxylic acids is 1. The molecule has 0 radical (unpaired) electrons. The minimum atomic E-state index is -0.215. The first-order chi connectivity index (χ1) is 9.03. The van der Waals surface area contributed by atoms with Gasteiger partial charge < -0.3 is 5.32 Å². The van der Waals surface area contributed by atoms with Gasteiger partial charge in [-0.1, -0.05) is 38.3 Å². The van der Waals surface area contributed by atoms with E-state index in [1.54, 1.807) is 18.5 Å². The molecule has 0 atom stereocenters. The van der Waals surface area contributed by atoms with E-state index in [0.29, 0.717) is 16.6 Å². The molecule has 0 aromatic carbocycles. The number of amides is 1. The first kappa shape index (κ1) is 14.3. The summed E-state index contributed by atoms with van der Waals surface area (Å²) in [6, 6.07) is 1.70. The lowest BCUT2D eigenvalue weighted by molar-refractivity contribution is -0.126. The zero-order valence-corrected chi connectivity index (χ0v) is 12.3. The smallest absolute Gasteiger partial charge is 0.230 e. The van der Waals surface area contributed by atoms with E-state index in [-0.39, 0.29) is 11.3 Å². The molecular formula is C15H21ClN2O. The van der Waals surface area contributed by atoms with Crippen molar-refractivity contribution in [2.75, 3.05) is 5.32 Å². The molecule has 0 saturated heterocycles. The topological polar surface area (TPSA) is 42.0 Å². The Hall–Kier alpha value is -1.09. The summed E-state index contributed by atoms with van der Waals surface area (Å²) in [5.41, 5.74) is 0.400. The van der Waals surface area contributed by atoms with E-state index in [2.05, 4.69) is 24.1 Å². The first-order valence-corrected chi connectivity index (χ1v) is 7.32. The zero-order chi connectivity index (χ0) is 13.9. The summed E-state index contributed by atoms with van der Waals surface area (Å²) in [6.45, 7) is 4.34. The fraction of sp³-hybridized carbons (Fsp3) is 0.600. The average Bonchev–Trinajstić information content (AvgIpc) is 2.81. The molecule has 1 aromatic heterocycles. The van der Waals surface area contributed by atoms with Crippen LogP contribution >= 0.6 is 11.6 Å². The summed E-state index contributed by atoms with van der Waals surface area (Å²) in [4.78, 5) is 16.6. The van der Waals surface area contributed by atoms with Gasteiger partial charge in [0.2, 0.25) is 5.91 Å². The number of carbonyl (C=O) groups is 1. The summed E-state index contributed by atoms with van der Waals surface area (Å²) in [5.74, 6) is 0.627. The van der Waals surface area contributed by atoms with Gasteiger partial charge in [-0.15, -0.1) is 0 Å². The lowest BCUT2D eigenvalue weighted by Gasteiger charge is -2.29. The van der Waals surface area contributed by atoms with Gasteiger partial charge in [-0.25, -0.2) is 0 Å². The molecular weight excluding hydrogens is 260 g/mol. The number of nitrogens with one attached hydrogen (secondary N) is 1. The minimum Gasteiger partial charge on any atom is -0.323 e. The van der Waals surface area contributed by atoms with Crippen molar-refractivity contribution in [2.45, 2.75) is 46.0 Å². The Bertz CT molecular complexity index is 453. The highest BCUT2D eigenvalue weighted by Gasteiger charge is 2.41. The van der Waals surface area contributed by atoms with E-state index >= 15 is 0 Å². The summed E-state index contributed by atoms with van der Waals surface area (Å²) < 4.78 is 0. The molecule has 104 valence electrons. The predicted molar refractivity (Wildman–Crippen MR) is 78.2 cm³/mol. The minimum absolute atomic E-state index is 0.105. The number of anilines is 1. The molecule has 4 heteroatoms. The van der Waals surface area contributed by atoms with Crippen molar-refractivity contribution < 1.29 is 4.79 Å². The van der Waals surface area contributed by atoms with Gasteiger partial charge >= 0.3 is 0 Å². The van der Waals surface area contributed by atoms with E-state index < -0.39 is 0 Å². The second-order valence-electron chi connectivity index (χ2n) is 5.90. The molecule has 1 fully saturated rings. The molecule has 1 aromatic rings. The third kappa shape index (κ3) is 3.27. The third-order valence-electron chi connectivity index (χ3n) is 3.86. The summed E-state index contributed by atoms with van der Waals surface area (Å²) >= 11 is 6.07. The Balaban J connectivity index is 2.15. The van der Waals surface area contributed by atoms with Crippen LogP contribution in [-0.4, -0.2) is 10.9 Å². The van der Waals surface area contributed by atoms with Crippen molar-refractivity contribution in [1.29, 1.82) is 0 Å². The first-order valence-electron chi connectivity index (χ1n) is 6.94. The van der Waals surface area contributed by atoms with Gasteiger partial charge in [-0.05, 0) is 31.2 Å². The van der Waals surface area contributed by atoms with E-state index in [0.717, 1.165) is 32.1 Å². The monoisotopic (exact) mass is 280 g/mol. The highest BCUT2D eigenvalue weighted by Crippen LogP contribution is 2.44. The molecule has 1 N–H and O–H groups in total. The van der Waals surface area contributed by atoms with E-state index in [9.17, 15) is 4.79 Å². The highest BCUT2D eigenvalue weighted by atomic mass is 35.5. The van der Waals surface area contributed by atoms with Gasteiger partial charge in [0.15, 0.2) is 0 Å². The molecule has 0 unspecified atom stereocenters. The quantitative estimate of drug-likeness (QED) is 0.894. The van der Waals surface area contributed by atoms with Crippen LogP contribution in [0.1, 0.15) is 46.0 Å². The van der Waals surface area contributed by atoms with Crippen LogP contribution in [0.5, 0.6) is 0 Å².